The summed E-state index contributed by atoms with van der Waals surface area (Å²) >= 11 is 0. The van der Waals surface area contributed by atoms with Crippen LogP contribution in [0.2, 0.25) is 0 Å². The van der Waals surface area contributed by atoms with E-state index in [-0.39, 0.29) is 17.0 Å². The lowest BCUT2D eigenvalue weighted by atomic mass is 10.1. The molecule has 0 radical (unpaired) electrons. The van der Waals surface area contributed by atoms with Crippen LogP contribution < -0.4 is 0 Å². The van der Waals surface area contributed by atoms with E-state index in [0.717, 1.165) is 12.3 Å². The number of carbonyl (C=O) groups excluding carboxylic acids is 1. The molecule has 0 spiro atoms. The van der Waals surface area contributed by atoms with Gasteiger partial charge in [0.2, 0.25) is 5.78 Å². The summed E-state index contributed by atoms with van der Waals surface area (Å²) < 4.78 is 12.9. The predicted molar refractivity (Wildman–Crippen MR) is 54.4 cm³/mol. The first-order valence-electron chi connectivity index (χ1n) is 4.61. The Kier molecular flexibility index (Phi) is 2.68. The van der Waals surface area contributed by atoms with Gasteiger partial charge in [-0.25, -0.2) is 9.37 Å². The van der Waals surface area contributed by atoms with Crippen LogP contribution in [0.4, 0.5) is 4.39 Å². The van der Waals surface area contributed by atoms with Crippen molar-refractivity contribution in [3.8, 4) is 0 Å². The molecule has 0 saturated carbocycles. The van der Waals surface area contributed by atoms with Crippen LogP contribution in [-0.2, 0) is 0 Å². The molecule has 0 aromatic carbocycles. The zero-order valence-corrected chi connectivity index (χ0v) is 8.51. The van der Waals surface area contributed by atoms with Crippen LogP contribution in [0.3, 0.4) is 0 Å². The third-order valence-corrected chi connectivity index (χ3v) is 1.98. The number of ketones is 1. The largest absolute Gasteiger partial charge is 0.287 e. The number of halogens is 1. The molecule has 5 heteroatoms. The van der Waals surface area contributed by atoms with Gasteiger partial charge >= 0.3 is 0 Å². The Morgan fingerprint density at radius 3 is 2.62 bits per heavy atom. The highest BCUT2D eigenvalue weighted by Gasteiger charge is 2.11. The van der Waals surface area contributed by atoms with Crippen LogP contribution in [0.5, 0.6) is 0 Å². The molecule has 2 rings (SSSR count). The van der Waals surface area contributed by atoms with Crippen molar-refractivity contribution in [2.75, 3.05) is 0 Å². The van der Waals surface area contributed by atoms with Crippen molar-refractivity contribution < 1.29 is 9.18 Å². The van der Waals surface area contributed by atoms with Gasteiger partial charge in [0, 0.05) is 18.0 Å². The highest BCUT2D eigenvalue weighted by molar-refractivity contribution is 6.07. The Hall–Kier alpha value is -2.17. The summed E-state index contributed by atoms with van der Waals surface area (Å²) in [5.41, 5.74) is 1.06. The smallest absolute Gasteiger partial charge is 0.214 e. The quantitative estimate of drug-likeness (QED) is 0.716. The van der Waals surface area contributed by atoms with E-state index < -0.39 is 5.82 Å². The van der Waals surface area contributed by atoms with E-state index in [4.69, 9.17) is 0 Å². The lowest BCUT2D eigenvalue weighted by Crippen LogP contribution is -2.06. The highest BCUT2D eigenvalue weighted by atomic mass is 19.1. The number of hydrogen-bond acceptors (Lipinski definition) is 4. The Labute approximate surface area is 91.2 Å². The van der Waals surface area contributed by atoms with E-state index >= 15 is 0 Å². The molecular formula is C11H8FN3O. The maximum absolute atomic E-state index is 12.9. The second-order valence-electron chi connectivity index (χ2n) is 3.26. The van der Waals surface area contributed by atoms with Crippen molar-refractivity contribution in [1.82, 2.24) is 15.0 Å². The molecule has 0 fully saturated rings. The molecule has 0 amide bonds. The fourth-order valence-corrected chi connectivity index (χ4v) is 1.19. The normalized spacial score (nSPS) is 10.1. The molecule has 0 saturated heterocycles. The number of hydrogen-bond donors (Lipinski definition) is 0. The summed E-state index contributed by atoms with van der Waals surface area (Å²) in [6.07, 6.45) is 5.19. The number of aryl methyl sites for hydroxylation is 1. The summed E-state index contributed by atoms with van der Waals surface area (Å²) in [6, 6.07) is 1.12. The summed E-state index contributed by atoms with van der Waals surface area (Å²) in [5, 5.41) is 0. The molecule has 0 N–H and O–H groups in total. The van der Waals surface area contributed by atoms with Gasteiger partial charge in [-0.15, -0.1) is 0 Å². The zero-order chi connectivity index (χ0) is 11.5. The monoisotopic (exact) mass is 217 g/mol. The highest BCUT2D eigenvalue weighted by Crippen LogP contribution is 2.07. The molecule has 0 aliphatic carbocycles. The number of nitrogens with zero attached hydrogens (tertiary/aromatic N) is 3. The van der Waals surface area contributed by atoms with E-state index in [1.165, 1.54) is 18.6 Å². The minimum Gasteiger partial charge on any atom is -0.287 e. The summed E-state index contributed by atoms with van der Waals surface area (Å²) in [7, 11) is 0. The van der Waals surface area contributed by atoms with Crippen LogP contribution in [0.25, 0.3) is 0 Å². The lowest BCUT2D eigenvalue weighted by molar-refractivity contribution is 0.103. The minimum atomic E-state index is -0.550. The van der Waals surface area contributed by atoms with Gasteiger partial charge in [0.15, 0.2) is 0 Å². The molecule has 2 heterocycles. The molecule has 0 atom stereocenters. The standard InChI is InChI=1S/C11H8FN3O/c1-7-3-15-10(6-14-7)11(16)8-2-9(12)5-13-4-8/h2-6H,1H3. The maximum atomic E-state index is 12.9. The molecule has 16 heavy (non-hydrogen) atoms. The molecule has 0 aliphatic heterocycles. The van der Waals surface area contributed by atoms with E-state index in [2.05, 4.69) is 15.0 Å². The lowest BCUT2D eigenvalue weighted by Gasteiger charge is -1.99. The van der Waals surface area contributed by atoms with Crippen molar-refractivity contribution in [1.29, 1.82) is 0 Å². The van der Waals surface area contributed by atoms with Crippen molar-refractivity contribution in [2.24, 2.45) is 0 Å². The van der Waals surface area contributed by atoms with Gasteiger partial charge in [0.05, 0.1) is 18.1 Å². The van der Waals surface area contributed by atoms with Crippen LogP contribution in [0.1, 0.15) is 21.7 Å². The van der Waals surface area contributed by atoms with E-state index in [1.807, 2.05) is 0 Å². The first-order chi connectivity index (χ1) is 7.66. The van der Waals surface area contributed by atoms with Gasteiger partial charge in [0.1, 0.15) is 11.5 Å². The van der Waals surface area contributed by atoms with E-state index in [9.17, 15) is 9.18 Å². The van der Waals surface area contributed by atoms with Crippen molar-refractivity contribution in [2.45, 2.75) is 6.92 Å². The SMILES string of the molecule is Cc1cnc(C(=O)c2cncc(F)c2)cn1. The van der Waals surface area contributed by atoms with E-state index in [0.29, 0.717) is 5.69 Å². The Bertz CT molecular complexity index is 525. The third-order valence-electron chi connectivity index (χ3n) is 1.98. The topological polar surface area (TPSA) is 55.7 Å². The average molecular weight is 217 g/mol. The van der Waals surface area contributed by atoms with Crippen LogP contribution in [0, 0.1) is 12.7 Å². The fourth-order valence-electron chi connectivity index (χ4n) is 1.19. The van der Waals surface area contributed by atoms with Crippen molar-refractivity contribution in [3.05, 3.63) is 53.6 Å². The molecule has 2 aromatic heterocycles. The number of pyridine rings is 1. The van der Waals surface area contributed by atoms with Crippen molar-refractivity contribution in [3.63, 3.8) is 0 Å². The first kappa shape index (κ1) is 10.4. The molecule has 0 unspecified atom stereocenters. The molecule has 4 nitrogen and oxygen atoms in total. The van der Waals surface area contributed by atoms with E-state index in [1.54, 1.807) is 6.92 Å². The van der Waals surface area contributed by atoms with Crippen LogP contribution in [0.15, 0.2) is 30.9 Å². The molecule has 0 aliphatic rings. The first-order valence-corrected chi connectivity index (χ1v) is 4.61. The van der Waals surface area contributed by atoms with Crippen LogP contribution >= 0.6 is 0 Å². The molecular weight excluding hydrogens is 209 g/mol. The zero-order valence-electron chi connectivity index (χ0n) is 8.51. The molecule has 80 valence electrons. The number of carbonyl (C=O) groups is 1. The molecule has 0 bridgehead atoms. The summed E-state index contributed by atoms with van der Waals surface area (Å²) in [4.78, 5) is 23.3. The van der Waals surface area contributed by atoms with Gasteiger partial charge in [-0.05, 0) is 13.0 Å². The summed E-state index contributed by atoms with van der Waals surface area (Å²) in [5.74, 6) is -0.939. The number of aromatic nitrogens is 3. The van der Waals surface area contributed by atoms with Gasteiger partial charge in [0.25, 0.3) is 0 Å². The Balaban J connectivity index is 2.35. The fraction of sp³-hybridized carbons (Fsp3) is 0.0909. The van der Waals surface area contributed by atoms with Gasteiger partial charge in [-0.2, -0.15) is 0 Å². The van der Waals surface area contributed by atoms with Gasteiger partial charge in [-0.3, -0.25) is 14.8 Å². The predicted octanol–water partition coefficient (Wildman–Crippen LogP) is 1.55. The van der Waals surface area contributed by atoms with Crippen LogP contribution in [-0.4, -0.2) is 20.7 Å². The average Bonchev–Trinajstić information content (AvgIpc) is 2.29. The summed E-state index contributed by atoms with van der Waals surface area (Å²) in [6.45, 7) is 1.77. The molecule has 2 aromatic rings. The minimum absolute atomic E-state index is 0.165. The second kappa shape index (κ2) is 4.14. The van der Waals surface area contributed by atoms with Crippen molar-refractivity contribution >= 4 is 5.78 Å². The van der Waals surface area contributed by atoms with Gasteiger partial charge < -0.3 is 0 Å². The third kappa shape index (κ3) is 2.08. The second-order valence-corrected chi connectivity index (χ2v) is 3.26. The maximum Gasteiger partial charge on any atom is 0.214 e. The number of rotatable bonds is 2. The van der Waals surface area contributed by atoms with Gasteiger partial charge in [-0.1, -0.05) is 0 Å². The Morgan fingerprint density at radius 1 is 1.19 bits per heavy atom. The Morgan fingerprint density at radius 2 is 2.00 bits per heavy atom.